The number of fused-ring (bicyclic) bond motifs is 1. The molecule has 1 aromatic carbocycles. The first kappa shape index (κ1) is 15.6. The minimum Gasteiger partial charge on any atom is -0.382 e. The lowest BCUT2D eigenvalue weighted by molar-refractivity contribution is -0.385. The van der Waals surface area contributed by atoms with E-state index in [-0.39, 0.29) is 29.5 Å². The van der Waals surface area contributed by atoms with Gasteiger partial charge in [-0.3, -0.25) is 19.9 Å². The molecule has 124 valence electrons. The van der Waals surface area contributed by atoms with Crippen LogP contribution in [0, 0.1) is 15.9 Å². The number of imidazole rings is 1. The molecule has 1 amide bonds. The number of benzene rings is 1. The van der Waals surface area contributed by atoms with Gasteiger partial charge in [-0.2, -0.15) is 0 Å². The number of nitro groups is 1. The van der Waals surface area contributed by atoms with Gasteiger partial charge in [0, 0.05) is 17.7 Å². The van der Waals surface area contributed by atoms with Crippen molar-refractivity contribution in [3.8, 4) is 0 Å². The number of nitro benzene ring substituents is 1. The smallest absolute Gasteiger partial charge is 0.284 e. The SMILES string of the molecule is C[C@@]1(c2cc([N+](=O)[O-])ccc2F)Cn2c(cnc2C(N)=O)C(N)=N1. The molecule has 9 nitrogen and oxygen atoms in total. The number of aliphatic imine (C=N–C) groups is 1. The molecule has 0 saturated carbocycles. The van der Waals surface area contributed by atoms with Crippen molar-refractivity contribution in [3.05, 3.63) is 57.4 Å². The lowest BCUT2D eigenvalue weighted by Crippen LogP contribution is -2.39. The molecule has 1 aromatic heterocycles. The highest BCUT2D eigenvalue weighted by Gasteiger charge is 2.37. The number of halogens is 1. The zero-order valence-corrected chi connectivity index (χ0v) is 12.6. The molecule has 0 spiro atoms. The van der Waals surface area contributed by atoms with E-state index in [1.807, 2.05) is 0 Å². The van der Waals surface area contributed by atoms with Crippen LogP contribution >= 0.6 is 0 Å². The van der Waals surface area contributed by atoms with E-state index in [9.17, 15) is 19.3 Å². The van der Waals surface area contributed by atoms with E-state index in [4.69, 9.17) is 11.5 Å². The maximum Gasteiger partial charge on any atom is 0.284 e. The van der Waals surface area contributed by atoms with Crippen molar-refractivity contribution in [2.24, 2.45) is 16.5 Å². The molecule has 0 fully saturated rings. The van der Waals surface area contributed by atoms with Crippen molar-refractivity contribution in [3.63, 3.8) is 0 Å². The minimum absolute atomic E-state index is 0.00517. The monoisotopic (exact) mass is 332 g/mol. The van der Waals surface area contributed by atoms with Gasteiger partial charge in [-0.25, -0.2) is 9.37 Å². The number of carbonyl (C=O) groups is 1. The molecule has 1 aliphatic rings. The van der Waals surface area contributed by atoms with E-state index in [0.29, 0.717) is 5.69 Å². The van der Waals surface area contributed by atoms with Gasteiger partial charge in [-0.05, 0) is 13.0 Å². The predicted octanol–water partition coefficient (Wildman–Crippen LogP) is 0.664. The first-order valence-electron chi connectivity index (χ1n) is 6.88. The number of amidine groups is 1. The number of primary amides is 1. The van der Waals surface area contributed by atoms with Crippen LogP contribution in [0.25, 0.3) is 0 Å². The number of carbonyl (C=O) groups excluding carboxylic acids is 1. The fourth-order valence-corrected chi connectivity index (χ4v) is 2.79. The van der Waals surface area contributed by atoms with E-state index in [2.05, 4.69) is 9.98 Å². The Hall–Kier alpha value is -3.30. The van der Waals surface area contributed by atoms with Gasteiger partial charge in [-0.1, -0.05) is 0 Å². The van der Waals surface area contributed by atoms with Crippen LogP contribution < -0.4 is 11.5 Å². The Morgan fingerprint density at radius 1 is 1.50 bits per heavy atom. The molecular weight excluding hydrogens is 319 g/mol. The van der Waals surface area contributed by atoms with Gasteiger partial charge in [0.15, 0.2) is 5.82 Å². The average Bonchev–Trinajstić information content (AvgIpc) is 2.91. The first-order chi connectivity index (χ1) is 11.2. The summed E-state index contributed by atoms with van der Waals surface area (Å²) in [6, 6.07) is 3.18. The van der Waals surface area contributed by atoms with Gasteiger partial charge in [0.1, 0.15) is 22.9 Å². The van der Waals surface area contributed by atoms with Gasteiger partial charge >= 0.3 is 0 Å². The van der Waals surface area contributed by atoms with E-state index >= 15 is 0 Å². The summed E-state index contributed by atoms with van der Waals surface area (Å²) in [5.74, 6) is -1.43. The second-order valence-corrected chi connectivity index (χ2v) is 5.61. The Bertz CT molecular complexity index is 906. The van der Waals surface area contributed by atoms with E-state index in [0.717, 1.165) is 18.2 Å². The first-order valence-corrected chi connectivity index (χ1v) is 6.88. The lowest BCUT2D eigenvalue weighted by Gasteiger charge is -2.32. The van der Waals surface area contributed by atoms with Crippen molar-refractivity contribution in [1.82, 2.24) is 9.55 Å². The fourth-order valence-electron chi connectivity index (χ4n) is 2.79. The Balaban J connectivity index is 2.17. The second kappa shape index (κ2) is 5.11. The number of aromatic nitrogens is 2. The normalized spacial score (nSPS) is 19.5. The topological polar surface area (TPSA) is 142 Å². The third-order valence-corrected chi connectivity index (χ3v) is 3.91. The van der Waals surface area contributed by atoms with Crippen LogP contribution in [0.3, 0.4) is 0 Å². The zero-order valence-electron chi connectivity index (χ0n) is 12.6. The molecule has 0 unspecified atom stereocenters. The van der Waals surface area contributed by atoms with Crippen molar-refractivity contribution in [2.75, 3.05) is 0 Å². The lowest BCUT2D eigenvalue weighted by atomic mass is 9.90. The van der Waals surface area contributed by atoms with Crippen molar-refractivity contribution in [1.29, 1.82) is 0 Å². The second-order valence-electron chi connectivity index (χ2n) is 5.61. The van der Waals surface area contributed by atoms with Gasteiger partial charge in [0.05, 0.1) is 17.7 Å². The third kappa shape index (κ3) is 2.28. The fraction of sp³-hybridized carbons (Fsp3) is 0.214. The Kier molecular flexibility index (Phi) is 3.32. The molecular formula is C14H13FN6O3. The Morgan fingerprint density at radius 2 is 2.21 bits per heavy atom. The molecule has 2 heterocycles. The number of non-ortho nitro benzene ring substituents is 1. The third-order valence-electron chi connectivity index (χ3n) is 3.91. The molecule has 0 saturated heterocycles. The summed E-state index contributed by atoms with van der Waals surface area (Å²) in [6.45, 7) is 1.58. The van der Waals surface area contributed by atoms with Gasteiger partial charge in [0.2, 0.25) is 0 Å². The van der Waals surface area contributed by atoms with E-state index < -0.39 is 22.2 Å². The maximum atomic E-state index is 14.3. The van der Waals surface area contributed by atoms with Gasteiger partial charge < -0.3 is 16.0 Å². The zero-order chi connectivity index (χ0) is 17.6. The van der Waals surface area contributed by atoms with E-state index in [1.54, 1.807) is 6.92 Å². The largest absolute Gasteiger partial charge is 0.382 e. The van der Waals surface area contributed by atoms with Crippen LogP contribution in [0.15, 0.2) is 29.4 Å². The molecule has 0 bridgehead atoms. The van der Waals surface area contributed by atoms with Crippen molar-refractivity contribution < 1.29 is 14.1 Å². The van der Waals surface area contributed by atoms with Crippen LogP contribution in [0.4, 0.5) is 10.1 Å². The summed E-state index contributed by atoms with van der Waals surface area (Å²) in [4.78, 5) is 30.0. The Labute approximate surface area is 135 Å². The number of amides is 1. The number of rotatable bonds is 3. The van der Waals surface area contributed by atoms with Crippen LogP contribution in [-0.2, 0) is 12.1 Å². The predicted molar refractivity (Wildman–Crippen MR) is 81.9 cm³/mol. The molecule has 0 radical (unpaired) electrons. The number of hydrogen-bond acceptors (Lipinski definition) is 6. The Morgan fingerprint density at radius 3 is 2.83 bits per heavy atom. The number of hydrogen-bond donors (Lipinski definition) is 2. The molecule has 2 aromatic rings. The molecule has 4 N–H and O–H groups in total. The highest BCUT2D eigenvalue weighted by atomic mass is 19.1. The summed E-state index contributed by atoms with van der Waals surface area (Å²) in [7, 11) is 0. The molecule has 3 rings (SSSR count). The van der Waals surface area contributed by atoms with Crippen LogP contribution in [0.5, 0.6) is 0 Å². The summed E-state index contributed by atoms with van der Waals surface area (Å²) in [5.41, 5.74) is 10.0. The van der Waals surface area contributed by atoms with Crippen LogP contribution in [-0.4, -0.2) is 26.2 Å². The van der Waals surface area contributed by atoms with E-state index in [1.165, 1.54) is 10.8 Å². The highest BCUT2D eigenvalue weighted by Crippen LogP contribution is 2.35. The minimum atomic E-state index is -1.25. The van der Waals surface area contributed by atoms with Crippen molar-refractivity contribution in [2.45, 2.75) is 19.0 Å². The standard InChI is InChI=1S/C14H13FN6O3/c1-14(8-4-7(21(23)24)2-3-9(8)15)6-20-10(11(16)19-14)5-18-13(20)12(17)22/h2-5H,6H2,1H3,(H2,16,19)(H2,17,22)/t14-/m0/s1. The summed E-state index contributed by atoms with van der Waals surface area (Å²) < 4.78 is 15.7. The summed E-state index contributed by atoms with van der Waals surface area (Å²) in [6.07, 6.45) is 1.35. The average molecular weight is 332 g/mol. The molecule has 10 heteroatoms. The molecule has 1 atom stereocenters. The molecule has 1 aliphatic heterocycles. The molecule has 24 heavy (non-hydrogen) atoms. The van der Waals surface area contributed by atoms with Gasteiger partial charge in [-0.15, -0.1) is 0 Å². The van der Waals surface area contributed by atoms with Crippen LogP contribution in [0.2, 0.25) is 0 Å². The summed E-state index contributed by atoms with van der Waals surface area (Å²) in [5, 5.41) is 11.0. The highest BCUT2D eigenvalue weighted by molar-refractivity contribution is 5.99. The maximum absolute atomic E-state index is 14.3. The van der Waals surface area contributed by atoms with Gasteiger partial charge in [0.25, 0.3) is 11.6 Å². The van der Waals surface area contributed by atoms with Crippen LogP contribution in [0.1, 0.15) is 28.8 Å². The molecule has 0 aliphatic carbocycles. The number of nitrogens with zero attached hydrogens (tertiary/aromatic N) is 4. The van der Waals surface area contributed by atoms with Crippen molar-refractivity contribution >= 4 is 17.4 Å². The number of nitrogens with two attached hydrogens (primary N) is 2. The summed E-state index contributed by atoms with van der Waals surface area (Å²) >= 11 is 0. The quantitative estimate of drug-likeness (QED) is 0.627.